The average molecular weight is 434 g/mol. The van der Waals surface area contributed by atoms with Crippen LogP contribution in [0.25, 0.3) is 0 Å². The van der Waals surface area contributed by atoms with Crippen LogP contribution in [-0.2, 0) is 23.8 Å². The number of alkyl halides is 3. The lowest BCUT2D eigenvalue weighted by Crippen LogP contribution is -2.62. The summed E-state index contributed by atoms with van der Waals surface area (Å²) in [4.78, 5) is 25.0. The number of ether oxygens (including phenoxy) is 3. The van der Waals surface area contributed by atoms with Crippen LogP contribution in [-0.4, -0.2) is 42.0 Å². The third-order valence-electron chi connectivity index (χ3n) is 7.09. The summed E-state index contributed by atoms with van der Waals surface area (Å²) < 4.78 is 53.9. The molecule has 4 rings (SSSR count). The van der Waals surface area contributed by atoms with Crippen LogP contribution >= 0.6 is 0 Å². The molecule has 4 fully saturated rings. The first kappa shape index (κ1) is 23.4. The van der Waals surface area contributed by atoms with E-state index >= 15 is 0 Å². The zero-order valence-corrected chi connectivity index (χ0v) is 18.3. The van der Waals surface area contributed by atoms with E-state index in [1.165, 1.54) is 6.92 Å². The molecule has 30 heavy (non-hydrogen) atoms. The van der Waals surface area contributed by atoms with Gasteiger partial charge in [-0.15, -0.1) is 0 Å². The molecule has 0 radical (unpaired) electrons. The van der Waals surface area contributed by atoms with Crippen LogP contribution in [0, 0.1) is 17.3 Å². The lowest BCUT2D eigenvalue weighted by atomic mass is 9.52. The Labute approximate surface area is 176 Å². The maximum atomic E-state index is 12.8. The molecule has 0 aromatic carbocycles. The molecule has 0 N–H and O–H groups in total. The van der Waals surface area contributed by atoms with Gasteiger partial charge in [0.25, 0.3) is 0 Å². The zero-order valence-electron chi connectivity index (χ0n) is 18.3. The van der Waals surface area contributed by atoms with Crippen LogP contribution in [0.15, 0.2) is 0 Å². The fourth-order valence-corrected chi connectivity index (χ4v) is 5.64. The van der Waals surface area contributed by atoms with Gasteiger partial charge in [-0.05, 0) is 71.1 Å². The lowest BCUT2D eigenvalue weighted by molar-refractivity contribution is -0.249. The van der Waals surface area contributed by atoms with Gasteiger partial charge in [0.1, 0.15) is 12.2 Å². The third-order valence-corrected chi connectivity index (χ3v) is 7.09. The van der Waals surface area contributed by atoms with E-state index in [1.54, 1.807) is 0 Å². The molecule has 4 bridgehead atoms. The Morgan fingerprint density at radius 2 is 1.63 bits per heavy atom. The summed E-state index contributed by atoms with van der Waals surface area (Å²) in [5.41, 5.74) is -1.73. The van der Waals surface area contributed by atoms with Crippen molar-refractivity contribution in [2.75, 3.05) is 6.61 Å². The molecule has 0 aliphatic heterocycles. The average Bonchev–Trinajstić information content (AvgIpc) is 2.58. The fraction of sp³-hybridized carbons (Fsp3) is 0.909. The highest BCUT2D eigenvalue weighted by Gasteiger charge is 2.61. The molecule has 3 atom stereocenters. The number of carbonyl (C=O) groups is 2. The van der Waals surface area contributed by atoms with Crippen LogP contribution in [0.1, 0.15) is 79.1 Å². The van der Waals surface area contributed by atoms with Crippen molar-refractivity contribution >= 4 is 11.9 Å². The number of esters is 2. The van der Waals surface area contributed by atoms with Gasteiger partial charge in [-0.1, -0.05) is 6.92 Å². The standard InChI is InChI=1S/C22H33F3O5/c1-5-19(3,4)18(27)30-21-11-15-8-16(12-21)10-20(9-15,13-21)29-14(2)17(26)28-7-6-22(23,24)25/h14-16H,5-13H2,1-4H3. The molecule has 3 unspecified atom stereocenters. The molecule has 172 valence electrons. The van der Waals surface area contributed by atoms with Gasteiger partial charge in [0.05, 0.1) is 17.4 Å². The summed E-state index contributed by atoms with van der Waals surface area (Å²) in [6, 6.07) is 0. The normalized spacial score (nSPS) is 34.0. The number of rotatable bonds is 8. The Kier molecular flexibility index (Phi) is 6.22. The van der Waals surface area contributed by atoms with Crippen LogP contribution in [0.5, 0.6) is 0 Å². The fourth-order valence-electron chi connectivity index (χ4n) is 5.64. The number of carbonyl (C=O) groups excluding carboxylic acids is 2. The van der Waals surface area contributed by atoms with Crippen molar-refractivity contribution in [3.05, 3.63) is 0 Å². The van der Waals surface area contributed by atoms with E-state index in [0.717, 1.165) is 32.1 Å². The quantitative estimate of drug-likeness (QED) is 0.506. The first-order chi connectivity index (χ1) is 13.8. The van der Waals surface area contributed by atoms with Crippen molar-refractivity contribution < 1.29 is 37.0 Å². The summed E-state index contributed by atoms with van der Waals surface area (Å²) >= 11 is 0. The molecule has 4 saturated carbocycles. The van der Waals surface area contributed by atoms with Crippen molar-refractivity contribution in [3.63, 3.8) is 0 Å². The molecule has 0 amide bonds. The smallest absolute Gasteiger partial charge is 0.392 e. The molecule has 4 aliphatic rings. The Morgan fingerprint density at radius 1 is 1.07 bits per heavy atom. The molecule has 5 nitrogen and oxygen atoms in total. The summed E-state index contributed by atoms with van der Waals surface area (Å²) in [5.74, 6) is -0.274. The van der Waals surface area contributed by atoms with Gasteiger partial charge in [-0.25, -0.2) is 4.79 Å². The van der Waals surface area contributed by atoms with E-state index in [1.807, 2.05) is 20.8 Å². The monoisotopic (exact) mass is 434 g/mol. The summed E-state index contributed by atoms with van der Waals surface area (Å²) in [6.07, 6.45) is -1.06. The molecule has 4 aliphatic carbocycles. The van der Waals surface area contributed by atoms with Crippen molar-refractivity contribution in [1.82, 2.24) is 0 Å². The summed E-state index contributed by atoms with van der Waals surface area (Å²) in [5, 5.41) is 0. The van der Waals surface area contributed by atoms with E-state index in [9.17, 15) is 22.8 Å². The molecular formula is C22H33F3O5. The minimum atomic E-state index is -4.37. The minimum absolute atomic E-state index is 0.207. The first-order valence-corrected chi connectivity index (χ1v) is 10.9. The number of halogens is 3. The summed E-state index contributed by atoms with van der Waals surface area (Å²) in [6.45, 7) is 6.52. The number of hydrogen-bond acceptors (Lipinski definition) is 5. The maximum absolute atomic E-state index is 12.8. The van der Waals surface area contributed by atoms with E-state index in [4.69, 9.17) is 14.2 Å². The second-order valence-electron chi connectivity index (χ2n) is 10.2. The Morgan fingerprint density at radius 3 is 2.17 bits per heavy atom. The molecule has 0 aromatic heterocycles. The van der Waals surface area contributed by atoms with Gasteiger partial charge >= 0.3 is 18.1 Å². The molecule has 0 aromatic rings. The van der Waals surface area contributed by atoms with Crippen molar-refractivity contribution in [2.45, 2.75) is 103 Å². The maximum Gasteiger partial charge on any atom is 0.392 e. The molecule has 0 saturated heterocycles. The highest BCUT2D eigenvalue weighted by Crippen LogP contribution is 2.60. The van der Waals surface area contributed by atoms with Crippen LogP contribution in [0.4, 0.5) is 13.2 Å². The van der Waals surface area contributed by atoms with E-state index in [2.05, 4.69) is 0 Å². The Balaban J connectivity index is 1.65. The van der Waals surface area contributed by atoms with Crippen molar-refractivity contribution in [1.29, 1.82) is 0 Å². The van der Waals surface area contributed by atoms with E-state index in [-0.39, 0.29) is 5.97 Å². The lowest BCUT2D eigenvalue weighted by Gasteiger charge is -2.61. The van der Waals surface area contributed by atoms with Crippen molar-refractivity contribution in [2.24, 2.45) is 17.3 Å². The molecule has 8 heteroatoms. The first-order valence-electron chi connectivity index (χ1n) is 10.9. The van der Waals surface area contributed by atoms with Gasteiger partial charge in [-0.3, -0.25) is 4.79 Å². The Hall–Kier alpha value is -1.31. The van der Waals surface area contributed by atoms with Crippen LogP contribution in [0.3, 0.4) is 0 Å². The summed E-state index contributed by atoms with van der Waals surface area (Å²) in [7, 11) is 0. The van der Waals surface area contributed by atoms with E-state index < -0.39 is 47.9 Å². The van der Waals surface area contributed by atoms with Crippen LogP contribution < -0.4 is 0 Å². The van der Waals surface area contributed by atoms with Crippen LogP contribution in [0.2, 0.25) is 0 Å². The third kappa shape index (κ3) is 5.11. The predicted molar refractivity (Wildman–Crippen MR) is 102 cm³/mol. The molecular weight excluding hydrogens is 401 g/mol. The topological polar surface area (TPSA) is 61.8 Å². The van der Waals surface area contributed by atoms with Crippen molar-refractivity contribution in [3.8, 4) is 0 Å². The second kappa shape index (κ2) is 7.99. The highest BCUT2D eigenvalue weighted by molar-refractivity contribution is 5.76. The van der Waals surface area contributed by atoms with Gasteiger partial charge in [0.2, 0.25) is 0 Å². The molecule has 0 spiro atoms. The van der Waals surface area contributed by atoms with E-state index in [0.29, 0.717) is 24.7 Å². The second-order valence-corrected chi connectivity index (χ2v) is 10.2. The zero-order chi connectivity index (χ0) is 22.4. The Bertz CT molecular complexity index is 658. The van der Waals surface area contributed by atoms with Gasteiger partial charge in [-0.2, -0.15) is 13.2 Å². The molecule has 0 heterocycles. The van der Waals surface area contributed by atoms with Gasteiger partial charge in [0.15, 0.2) is 6.10 Å². The minimum Gasteiger partial charge on any atom is -0.463 e. The predicted octanol–water partition coefficient (Wildman–Crippen LogP) is 4.96. The highest BCUT2D eigenvalue weighted by atomic mass is 19.4. The number of hydrogen-bond donors (Lipinski definition) is 0. The van der Waals surface area contributed by atoms with Gasteiger partial charge < -0.3 is 14.2 Å². The SMILES string of the molecule is CCC(C)(C)C(=O)OC12CC3CC(C1)CC(OC(C)C(=O)OCCC(F)(F)F)(C3)C2. The van der Waals surface area contributed by atoms with Gasteiger partial charge in [0, 0.05) is 6.42 Å². The largest absolute Gasteiger partial charge is 0.463 e.